The van der Waals surface area contributed by atoms with Gasteiger partial charge in [0.1, 0.15) is 5.82 Å². The third-order valence-electron chi connectivity index (χ3n) is 3.63. The summed E-state index contributed by atoms with van der Waals surface area (Å²) in [6.45, 7) is 2.55. The van der Waals surface area contributed by atoms with Crippen molar-refractivity contribution in [2.75, 3.05) is 20.3 Å². The topological polar surface area (TPSA) is 56.5 Å². The van der Waals surface area contributed by atoms with Crippen LogP contribution in [-0.4, -0.2) is 35.0 Å². The molecule has 0 aliphatic carbocycles. The number of hydrogen-bond donors (Lipinski definition) is 1. The molecule has 0 spiro atoms. The summed E-state index contributed by atoms with van der Waals surface area (Å²) in [4.78, 5) is 4.40. The van der Waals surface area contributed by atoms with Crippen molar-refractivity contribution in [3.8, 4) is 22.9 Å². The van der Waals surface area contributed by atoms with Gasteiger partial charge >= 0.3 is 0 Å². The van der Waals surface area contributed by atoms with Crippen LogP contribution in [0.25, 0.3) is 11.4 Å². The predicted molar refractivity (Wildman–Crippen MR) is 74.8 cm³/mol. The fourth-order valence-electron chi connectivity index (χ4n) is 2.55. The lowest BCUT2D eigenvalue weighted by molar-refractivity contribution is 0.182. The molecule has 0 saturated carbocycles. The van der Waals surface area contributed by atoms with Crippen LogP contribution in [-0.2, 0) is 11.3 Å². The van der Waals surface area contributed by atoms with Gasteiger partial charge in [-0.3, -0.25) is 0 Å². The van der Waals surface area contributed by atoms with Crippen LogP contribution in [0, 0.1) is 5.92 Å². The Hall–Kier alpha value is -2.01. The maximum absolute atomic E-state index is 9.88. The van der Waals surface area contributed by atoms with Crippen molar-refractivity contribution in [2.24, 2.45) is 5.92 Å². The fraction of sp³-hybridized carbons (Fsp3) is 0.400. The van der Waals surface area contributed by atoms with Crippen LogP contribution in [0.3, 0.4) is 0 Å². The maximum atomic E-state index is 9.88. The van der Waals surface area contributed by atoms with Gasteiger partial charge in [-0.15, -0.1) is 0 Å². The molecule has 5 nitrogen and oxygen atoms in total. The fourth-order valence-corrected chi connectivity index (χ4v) is 2.55. The highest BCUT2D eigenvalue weighted by Crippen LogP contribution is 2.31. The Morgan fingerprint density at radius 2 is 2.40 bits per heavy atom. The van der Waals surface area contributed by atoms with Crippen LogP contribution in [0.5, 0.6) is 11.5 Å². The molecule has 0 radical (unpaired) electrons. The van der Waals surface area contributed by atoms with Gasteiger partial charge in [-0.05, 0) is 24.6 Å². The Labute approximate surface area is 117 Å². The number of imidazole rings is 1. The number of phenols is 1. The Balaban J connectivity index is 1.86. The molecule has 2 heterocycles. The first kappa shape index (κ1) is 13.0. The van der Waals surface area contributed by atoms with Crippen molar-refractivity contribution < 1.29 is 14.6 Å². The summed E-state index contributed by atoms with van der Waals surface area (Å²) >= 11 is 0. The van der Waals surface area contributed by atoms with Crippen LogP contribution >= 0.6 is 0 Å². The van der Waals surface area contributed by atoms with Crippen LogP contribution in [0.2, 0.25) is 0 Å². The van der Waals surface area contributed by atoms with Gasteiger partial charge in [-0.2, -0.15) is 0 Å². The molecule has 1 aliphatic heterocycles. The lowest BCUT2D eigenvalue weighted by atomic mass is 10.1. The molecule has 0 unspecified atom stereocenters. The van der Waals surface area contributed by atoms with Gasteiger partial charge in [0.2, 0.25) is 0 Å². The monoisotopic (exact) mass is 274 g/mol. The smallest absolute Gasteiger partial charge is 0.160 e. The number of phenolic OH excluding ortho intramolecular Hbond substituents is 1. The van der Waals surface area contributed by atoms with Crippen molar-refractivity contribution in [1.29, 1.82) is 0 Å². The van der Waals surface area contributed by atoms with Gasteiger partial charge < -0.3 is 19.1 Å². The van der Waals surface area contributed by atoms with Crippen molar-refractivity contribution in [3.05, 3.63) is 30.6 Å². The quantitative estimate of drug-likeness (QED) is 0.929. The van der Waals surface area contributed by atoms with Gasteiger partial charge in [0.05, 0.1) is 13.7 Å². The molecule has 1 saturated heterocycles. The van der Waals surface area contributed by atoms with Gasteiger partial charge in [-0.1, -0.05) is 0 Å². The molecule has 1 N–H and O–H groups in total. The number of aromatic nitrogens is 2. The molecule has 2 aromatic rings. The predicted octanol–water partition coefficient (Wildman–Crippen LogP) is 2.30. The summed E-state index contributed by atoms with van der Waals surface area (Å²) < 4.78 is 12.6. The van der Waals surface area contributed by atoms with Gasteiger partial charge in [-0.25, -0.2) is 4.98 Å². The number of hydrogen-bond acceptors (Lipinski definition) is 4. The van der Waals surface area contributed by atoms with Gasteiger partial charge in [0, 0.05) is 37.0 Å². The average molecular weight is 274 g/mol. The van der Waals surface area contributed by atoms with E-state index in [0.29, 0.717) is 11.7 Å². The number of benzene rings is 1. The Bertz CT molecular complexity index is 589. The minimum atomic E-state index is 0.128. The standard InChI is InChI=1S/C15H18N2O3/c1-19-14-3-2-12(8-13(14)18)15-16-5-6-17(15)9-11-4-7-20-10-11/h2-3,5-6,8,11,18H,4,7,9-10H2,1H3/t11-/m1/s1. The zero-order chi connectivity index (χ0) is 13.9. The molecule has 5 heteroatoms. The summed E-state index contributed by atoms with van der Waals surface area (Å²) in [5, 5.41) is 9.88. The number of methoxy groups -OCH3 is 1. The normalized spacial score (nSPS) is 18.4. The minimum Gasteiger partial charge on any atom is -0.504 e. The first-order valence-electron chi connectivity index (χ1n) is 6.74. The second-order valence-electron chi connectivity index (χ2n) is 5.02. The molecule has 0 bridgehead atoms. The summed E-state index contributed by atoms with van der Waals surface area (Å²) in [6, 6.07) is 5.34. The molecule has 1 fully saturated rings. The van der Waals surface area contributed by atoms with Gasteiger partial charge in [0.25, 0.3) is 0 Å². The zero-order valence-corrected chi connectivity index (χ0v) is 11.5. The van der Waals surface area contributed by atoms with E-state index in [1.807, 2.05) is 12.3 Å². The highest BCUT2D eigenvalue weighted by molar-refractivity contribution is 5.61. The lowest BCUT2D eigenvalue weighted by Crippen LogP contribution is -2.11. The van der Waals surface area contributed by atoms with E-state index in [-0.39, 0.29) is 5.75 Å². The Morgan fingerprint density at radius 1 is 1.50 bits per heavy atom. The van der Waals surface area contributed by atoms with Crippen molar-refractivity contribution in [2.45, 2.75) is 13.0 Å². The first-order chi connectivity index (χ1) is 9.78. The van der Waals surface area contributed by atoms with Crippen LogP contribution in [0.15, 0.2) is 30.6 Å². The molecule has 3 rings (SSSR count). The highest BCUT2D eigenvalue weighted by Gasteiger charge is 2.18. The molecule has 20 heavy (non-hydrogen) atoms. The first-order valence-corrected chi connectivity index (χ1v) is 6.74. The minimum absolute atomic E-state index is 0.128. The van der Waals surface area contributed by atoms with E-state index in [4.69, 9.17) is 9.47 Å². The molecule has 1 aliphatic rings. The van der Waals surface area contributed by atoms with Crippen LogP contribution < -0.4 is 4.74 Å². The number of nitrogens with zero attached hydrogens (tertiary/aromatic N) is 2. The third kappa shape index (κ3) is 2.49. The molecule has 0 amide bonds. The summed E-state index contributed by atoms with van der Waals surface area (Å²) in [7, 11) is 1.54. The number of rotatable bonds is 4. The molecular formula is C15H18N2O3. The SMILES string of the molecule is COc1ccc(-c2nccn2C[C@H]2CCOC2)cc1O. The van der Waals surface area contributed by atoms with E-state index in [1.165, 1.54) is 7.11 Å². The van der Waals surface area contributed by atoms with Crippen molar-refractivity contribution in [3.63, 3.8) is 0 Å². The van der Waals surface area contributed by atoms with E-state index in [9.17, 15) is 5.11 Å². The third-order valence-corrected chi connectivity index (χ3v) is 3.63. The molecule has 1 atom stereocenters. The number of ether oxygens (including phenoxy) is 2. The maximum Gasteiger partial charge on any atom is 0.160 e. The van der Waals surface area contributed by atoms with E-state index in [0.717, 1.165) is 37.6 Å². The van der Waals surface area contributed by atoms with Crippen molar-refractivity contribution >= 4 is 0 Å². The number of aromatic hydroxyl groups is 1. The lowest BCUT2D eigenvalue weighted by Gasteiger charge is -2.12. The Kier molecular flexibility index (Phi) is 3.60. The average Bonchev–Trinajstić information content (AvgIpc) is 3.11. The van der Waals surface area contributed by atoms with Gasteiger partial charge in [0.15, 0.2) is 11.5 Å². The molecule has 106 valence electrons. The highest BCUT2D eigenvalue weighted by atomic mass is 16.5. The second kappa shape index (κ2) is 5.54. The summed E-state index contributed by atoms with van der Waals surface area (Å²) in [6.07, 6.45) is 4.84. The van der Waals surface area contributed by atoms with E-state index >= 15 is 0 Å². The van der Waals surface area contributed by atoms with Crippen LogP contribution in [0.4, 0.5) is 0 Å². The molecule has 1 aromatic heterocycles. The van der Waals surface area contributed by atoms with E-state index in [1.54, 1.807) is 18.3 Å². The largest absolute Gasteiger partial charge is 0.504 e. The van der Waals surface area contributed by atoms with Crippen molar-refractivity contribution in [1.82, 2.24) is 9.55 Å². The van der Waals surface area contributed by atoms with E-state index < -0.39 is 0 Å². The van der Waals surface area contributed by atoms with Crippen LogP contribution in [0.1, 0.15) is 6.42 Å². The molecular weight excluding hydrogens is 256 g/mol. The summed E-state index contributed by atoms with van der Waals surface area (Å²) in [5.74, 6) is 1.99. The molecule has 1 aromatic carbocycles. The van der Waals surface area contributed by atoms with E-state index in [2.05, 4.69) is 9.55 Å². The summed E-state index contributed by atoms with van der Waals surface area (Å²) in [5.41, 5.74) is 0.882. The second-order valence-corrected chi connectivity index (χ2v) is 5.02. The zero-order valence-electron chi connectivity index (χ0n) is 11.5. The Morgan fingerprint density at radius 3 is 3.10 bits per heavy atom.